The summed E-state index contributed by atoms with van der Waals surface area (Å²) in [6.07, 6.45) is 11.1. The molecule has 47 heavy (non-hydrogen) atoms. The van der Waals surface area contributed by atoms with Gasteiger partial charge in [0.25, 0.3) is 5.91 Å². The molecule has 0 fully saturated rings. The van der Waals surface area contributed by atoms with Crippen molar-refractivity contribution in [3.8, 4) is 0 Å². The van der Waals surface area contributed by atoms with Crippen LogP contribution in [-0.2, 0) is 30.6 Å². The zero-order chi connectivity index (χ0) is 33.0. The molecular weight excluding hydrogens is 613 g/mol. The lowest BCUT2D eigenvalue weighted by Gasteiger charge is -2.19. The molecule has 0 unspecified atom stereocenters. The van der Waals surface area contributed by atoms with Gasteiger partial charge in [-0.15, -0.1) is 0 Å². The van der Waals surface area contributed by atoms with Gasteiger partial charge in [0.2, 0.25) is 0 Å². The molecule has 0 aliphatic heterocycles. The summed E-state index contributed by atoms with van der Waals surface area (Å²) in [5.41, 5.74) is 5.69. The summed E-state index contributed by atoms with van der Waals surface area (Å²) in [6.45, 7) is 0.490. The molecule has 1 atom stereocenters. The van der Waals surface area contributed by atoms with Gasteiger partial charge in [0, 0.05) is 30.9 Å². The quantitative estimate of drug-likeness (QED) is 0.117. The van der Waals surface area contributed by atoms with Crippen molar-refractivity contribution in [2.75, 3.05) is 12.0 Å². The molecule has 8 heteroatoms. The number of rotatable bonds is 15. The molecule has 5 nitrogen and oxygen atoms in total. The van der Waals surface area contributed by atoms with Gasteiger partial charge < -0.3 is 9.88 Å². The molecule has 0 spiro atoms. The molecule has 1 aromatic heterocycles. The van der Waals surface area contributed by atoms with Gasteiger partial charge in [0.1, 0.15) is 11.6 Å². The number of hydrogen-bond donors (Lipinski definition) is 1. The first-order chi connectivity index (χ1) is 22.9. The van der Waals surface area contributed by atoms with E-state index in [1.807, 2.05) is 71.6 Å². The third-order valence-corrected chi connectivity index (χ3v) is 8.61. The molecule has 1 amide bonds. The second kappa shape index (κ2) is 16.7. The molecule has 0 saturated heterocycles. The molecule has 4 aromatic carbocycles. The van der Waals surface area contributed by atoms with E-state index in [2.05, 4.69) is 10.3 Å². The normalized spacial score (nSPS) is 12.1. The SMILES string of the molecule is CSCC[C@H](NC(=O)c1cc(/C=C(/Cn2ccnc2)c2ccc(F)cc2)ccc1CCc1ccc(F)cc1)C(=O)Cc1ccccc1. The van der Waals surface area contributed by atoms with Gasteiger partial charge in [-0.2, -0.15) is 11.8 Å². The molecule has 0 saturated carbocycles. The van der Waals surface area contributed by atoms with Crippen LogP contribution in [0.25, 0.3) is 11.6 Å². The number of allylic oxidation sites excluding steroid dienone is 1. The van der Waals surface area contributed by atoms with Gasteiger partial charge in [-0.25, -0.2) is 13.8 Å². The lowest BCUT2D eigenvalue weighted by Crippen LogP contribution is -2.42. The Bertz CT molecular complexity index is 1790. The molecule has 1 heterocycles. The predicted octanol–water partition coefficient (Wildman–Crippen LogP) is 7.85. The van der Waals surface area contributed by atoms with Crippen molar-refractivity contribution < 1.29 is 18.4 Å². The van der Waals surface area contributed by atoms with Crippen molar-refractivity contribution in [1.29, 1.82) is 0 Å². The number of benzene rings is 4. The first kappa shape index (κ1) is 33.5. The standard InChI is InChI=1S/C39H37F2N3O2S/c1-47-22-19-37(38(45)25-29-5-3-2-4-6-29)43-39(46)36-24-30(8-12-32(36)11-7-28-9-15-34(40)16-10-28)23-33(26-44-21-20-42-27-44)31-13-17-35(41)18-14-31/h2-6,8-10,12-18,20-21,23-24,27,37H,7,11,19,22,25-26H2,1H3,(H,43,46)/b33-23-/t37-/m0/s1. The number of halogens is 2. The van der Waals surface area contributed by atoms with Crippen LogP contribution < -0.4 is 5.32 Å². The number of Topliss-reactive ketones (excluding diaryl/α,β-unsaturated/α-hetero) is 1. The summed E-state index contributed by atoms with van der Waals surface area (Å²) in [7, 11) is 0. The number of aryl methyl sites for hydroxylation is 2. The molecule has 1 N–H and O–H groups in total. The van der Waals surface area contributed by atoms with Gasteiger partial charge >= 0.3 is 0 Å². The molecule has 0 radical (unpaired) electrons. The second-order valence-electron chi connectivity index (χ2n) is 11.4. The Balaban J connectivity index is 1.47. The smallest absolute Gasteiger partial charge is 0.252 e. The number of imidazole rings is 1. The lowest BCUT2D eigenvalue weighted by molar-refractivity contribution is -0.120. The van der Waals surface area contributed by atoms with Crippen LogP contribution in [0.4, 0.5) is 8.78 Å². The first-order valence-electron chi connectivity index (χ1n) is 15.5. The number of amides is 1. The maximum absolute atomic E-state index is 14.1. The number of carbonyl (C=O) groups is 2. The monoisotopic (exact) mass is 649 g/mol. The van der Waals surface area contributed by atoms with Crippen LogP contribution in [0.5, 0.6) is 0 Å². The number of carbonyl (C=O) groups excluding carboxylic acids is 2. The highest BCUT2D eigenvalue weighted by atomic mass is 32.2. The zero-order valence-corrected chi connectivity index (χ0v) is 27.1. The van der Waals surface area contributed by atoms with E-state index in [-0.39, 0.29) is 29.7 Å². The lowest BCUT2D eigenvalue weighted by atomic mass is 9.95. The minimum atomic E-state index is -0.643. The van der Waals surface area contributed by atoms with Crippen LogP contribution in [-0.4, -0.2) is 39.3 Å². The molecule has 5 rings (SSSR count). The fourth-order valence-electron chi connectivity index (χ4n) is 5.41. The minimum Gasteiger partial charge on any atom is -0.342 e. The van der Waals surface area contributed by atoms with Crippen molar-refractivity contribution in [2.45, 2.75) is 38.3 Å². The van der Waals surface area contributed by atoms with Crippen molar-refractivity contribution in [2.24, 2.45) is 0 Å². The fourth-order valence-corrected chi connectivity index (χ4v) is 5.88. The average molecular weight is 650 g/mol. The number of hydrogen-bond acceptors (Lipinski definition) is 4. The van der Waals surface area contributed by atoms with Crippen molar-refractivity contribution >= 4 is 35.1 Å². The van der Waals surface area contributed by atoms with Crippen LogP contribution in [0, 0.1) is 11.6 Å². The predicted molar refractivity (Wildman–Crippen MR) is 186 cm³/mol. The Morgan fingerprint density at radius 1 is 0.894 bits per heavy atom. The summed E-state index contributed by atoms with van der Waals surface area (Å²) in [6, 6.07) is 27.3. The number of ketones is 1. The van der Waals surface area contributed by atoms with Crippen molar-refractivity contribution in [3.63, 3.8) is 0 Å². The molecule has 0 aliphatic rings. The molecule has 240 valence electrons. The Kier molecular flexibility index (Phi) is 11.9. The van der Waals surface area contributed by atoms with Crippen molar-refractivity contribution in [1.82, 2.24) is 14.9 Å². The largest absolute Gasteiger partial charge is 0.342 e. The molecule has 0 aliphatic carbocycles. The Morgan fingerprint density at radius 3 is 2.30 bits per heavy atom. The topological polar surface area (TPSA) is 64.0 Å². The minimum absolute atomic E-state index is 0.0403. The van der Waals surface area contributed by atoms with Gasteiger partial charge in [-0.3, -0.25) is 9.59 Å². The van der Waals surface area contributed by atoms with Gasteiger partial charge in [0.15, 0.2) is 5.78 Å². The van der Waals surface area contributed by atoms with Crippen LogP contribution in [0.2, 0.25) is 0 Å². The average Bonchev–Trinajstić information content (AvgIpc) is 3.60. The Hall–Kier alpha value is -4.82. The van der Waals surface area contributed by atoms with Crippen molar-refractivity contribution in [3.05, 3.63) is 161 Å². The highest BCUT2D eigenvalue weighted by Crippen LogP contribution is 2.24. The number of nitrogens with one attached hydrogen (secondary N) is 1. The van der Waals surface area contributed by atoms with Gasteiger partial charge in [-0.1, -0.05) is 66.7 Å². The second-order valence-corrected chi connectivity index (χ2v) is 12.4. The Labute approximate surface area is 278 Å². The molecular formula is C39H37F2N3O2S. The van der Waals surface area contributed by atoms with E-state index in [1.165, 1.54) is 24.3 Å². The van der Waals surface area contributed by atoms with E-state index < -0.39 is 6.04 Å². The maximum Gasteiger partial charge on any atom is 0.252 e. The van der Waals surface area contributed by atoms with E-state index >= 15 is 0 Å². The third-order valence-electron chi connectivity index (χ3n) is 7.97. The van der Waals surface area contributed by atoms with E-state index in [4.69, 9.17) is 0 Å². The van der Waals surface area contributed by atoms with E-state index in [9.17, 15) is 18.4 Å². The summed E-state index contributed by atoms with van der Waals surface area (Å²) >= 11 is 1.63. The Morgan fingerprint density at radius 2 is 1.62 bits per heavy atom. The summed E-state index contributed by atoms with van der Waals surface area (Å²) in [4.78, 5) is 31.7. The first-order valence-corrected chi connectivity index (χ1v) is 16.9. The van der Waals surface area contributed by atoms with E-state index in [0.717, 1.165) is 39.1 Å². The zero-order valence-electron chi connectivity index (χ0n) is 26.2. The summed E-state index contributed by atoms with van der Waals surface area (Å²) in [5.74, 6) is -0.255. The summed E-state index contributed by atoms with van der Waals surface area (Å²) < 4.78 is 29.3. The van der Waals surface area contributed by atoms with Crippen LogP contribution >= 0.6 is 11.8 Å². The number of thioether (sulfide) groups is 1. The van der Waals surface area contributed by atoms with E-state index in [1.54, 1.807) is 48.6 Å². The number of nitrogens with zero attached hydrogens (tertiary/aromatic N) is 2. The highest BCUT2D eigenvalue weighted by molar-refractivity contribution is 7.98. The third kappa shape index (κ3) is 9.83. The van der Waals surface area contributed by atoms with Gasteiger partial charge in [0.05, 0.1) is 12.4 Å². The highest BCUT2D eigenvalue weighted by Gasteiger charge is 2.23. The fraction of sp³-hybridized carbons (Fsp3) is 0.205. The van der Waals surface area contributed by atoms with Gasteiger partial charge in [-0.05, 0) is 101 Å². The number of aromatic nitrogens is 2. The van der Waals surface area contributed by atoms with Crippen LogP contribution in [0.15, 0.2) is 116 Å². The molecule has 5 aromatic rings. The molecule has 0 bridgehead atoms. The summed E-state index contributed by atoms with van der Waals surface area (Å²) in [5, 5.41) is 3.06. The van der Waals surface area contributed by atoms with Crippen LogP contribution in [0.3, 0.4) is 0 Å². The van der Waals surface area contributed by atoms with Crippen LogP contribution in [0.1, 0.15) is 44.6 Å². The van der Waals surface area contributed by atoms with E-state index in [0.29, 0.717) is 31.4 Å². The maximum atomic E-state index is 14.1.